The second-order valence-corrected chi connectivity index (χ2v) is 8.76. The van der Waals surface area contributed by atoms with Crippen molar-refractivity contribution in [3.05, 3.63) is 29.8 Å². The largest absolute Gasteiger partial charge is 0.466 e. The molecular weight excluding hydrogens is 362 g/mol. The Morgan fingerprint density at radius 3 is 2.19 bits per heavy atom. The number of rotatable bonds is 14. The highest BCUT2D eigenvalue weighted by Gasteiger charge is 2.22. The number of nitrogens with one attached hydrogen (secondary N) is 1. The summed E-state index contributed by atoms with van der Waals surface area (Å²) in [5, 5.41) is 0. The second kappa shape index (κ2) is 12.9. The number of carbonyl (C=O) groups is 1. The van der Waals surface area contributed by atoms with Crippen LogP contribution in [0, 0.1) is 6.92 Å². The van der Waals surface area contributed by atoms with Gasteiger partial charge in [0.25, 0.3) is 0 Å². The number of unbranched alkanes of at least 4 members (excludes halogenated alkanes) is 6. The first-order chi connectivity index (χ1) is 12.9. The van der Waals surface area contributed by atoms with Gasteiger partial charge >= 0.3 is 5.97 Å². The minimum Gasteiger partial charge on any atom is -0.466 e. The third-order valence-corrected chi connectivity index (χ3v) is 6.06. The molecule has 1 rings (SSSR count). The molecule has 0 saturated heterocycles. The number of ether oxygens (including phenoxy) is 1. The van der Waals surface area contributed by atoms with Gasteiger partial charge in [-0.2, -0.15) is 0 Å². The molecule has 1 N–H and O–H groups in total. The lowest BCUT2D eigenvalue weighted by atomic mass is 10.0. The van der Waals surface area contributed by atoms with Crippen LogP contribution >= 0.6 is 0 Å². The second-order valence-electron chi connectivity index (χ2n) is 7.05. The maximum atomic E-state index is 12.6. The fourth-order valence-electron chi connectivity index (χ4n) is 2.98. The van der Waals surface area contributed by atoms with Gasteiger partial charge in [0, 0.05) is 6.04 Å². The van der Waals surface area contributed by atoms with Crippen molar-refractivity contribution in [2.75, 3.05) is 6.61 Å². The molecule has 1 aromatic carbocycles. The maximum Gasteiger partial charge on any atom is 0.307 e. The van der Waals surface area contributed by atoms with Crippen molar-refractivity contribution in [1.82, 2.24) is 4.72 Å². The lowest BCUT2D eigenvalue weighted by molar-refractivity contribution is -0.143. The zero-order chi connectivity index (χ0) is 20.1. The van der Waals surface area contributed by atoms with Gasteiger partial charge in [0.15, 0.2) is 0 Å². The first kappa shape index (κ1) is 23.6. The minimum absolute atomic E-state index is 0.0643. The van der Waals surface area contributed by atoms with Crippen molar-refractivity contribution in [2.24, 2.45) is 0 Å². The Labute approximate surface area is 164 Å². The van der Waals surface area contributed by atoms with Crippen LogP contribution in [0.3, 0.4) is 0 Å². The normalized spacial score (nSPS) is 12.7. The summed E-state index contributed by atoms with van der Waals surface area (Å²) in [6.45, 7) is 6.15. The van der Waals surface area contributed by atoms with Gasteiger partial charge in [-0.05, 0) is 32.4 Å². The van der Waals surface area contributed by atoms with E-state index in [4.69, 9.17) is 4.74 Å². The molecule has 0 spiro atoms. The molecule has 1 atom stereocenters. The Bertz CT molecular complexity index is 641. The van der Waals surface area contributed by atoms with Crippen LogP contribution in [0.1, 0.15) is 77.2 Å². The lowest BCUT2D eigenvalue weighted by Gasteiger charge is -2.18. The van der Waals surface area contributed by atoms with E-state index >= 15 is 0 Å². The van der Waals surface area contributed by atoms with Crippen LogP contribution in [0.4, 0.5) is 0 Å². The average molecular weight is 398 g/mol. The smallest absolute Gasteiger partial charge is 0.307 e. The summed E-state index contributed by atoms with van der Waals surface area (Å²) in [4.78, 5) is 12.1. The molecule has 0 radical (unpaired) electrons. The summed E-state index contributed by atoms with van der Waals surface area (Å²) < 4.78 is 33.0. The van der Waals surface area contributed by atoms with E-state index in [0.29, 0.717) is 13.0 Å². The molecule has 0 unspecified atom stereocenters. The Balaban J connectivity index is 2.62. The molecule has 0 saturated carbocycles. The Hall–Kier alpha value is -1.40. The van der Waals surface area contributed by atoms with E-state index in [1.165, 1.54) is 25.7 Å². The molecule has 0 heterocycles. The predicted octanol–water partition coefficient (Wildman–Crippen LogP) is 4.74. The average Bonchev–Trinajstić information content (AvgIpc) is 2.61. The van der Waals surface area contributed by atoms with Crippen molar-refractivity contribution in [3.8, 4) is 0 Å². The van der Waals surface area contributed by atoms with Gasteiger partial charge in [-0.1, -0.05) is 69.6 Å². The first-order valence-electron chi connectivity index (χ1n) is 10.1. The van der Waals surface area contributed by atoms with Gasteiger partial charge in [0.2, 0.25) is 10.0 Å². The predicted molar refractivity (Wildman–Crippen MR) is 109 cm³/mol. The molecule has 0 fully saturated rings. The highest BCUT2D eigenvalue weighted by Crippen LogP contribution is 2.16. The van der Waals surface area contributed by atoms with Gasteiger partial charge in [0.05, 0.1) is 17.9 Å². The molecule has 5 nitrogen and oxygen atoms in total. The van der Waals surface area contributed by atoms with E-state index in [1.807, 2.05) is 6.92 Å². The van der Waals surface area contributed by atoms with E-state index in [9.17, 15) is 13.2 Å². The molecule has 27 heavy (non-hydrogen) atoms. The van der Waals surface area contributed by atoms with E-state index in [-0.39, 0.29) is 17.3 Å². The van der Waals surface area contributed by atoms with E-state index < -0.39 is 16.1 Å². The van der Waals surface area contributed by atoms with Gasteiger partial charge < -0.3 is 4.74 Å². The molecule has 154 valence electrons. The Morgan fingerprint density at radius 1 is 1.00 bits per heavy atom. The Morgan fingerprint density at radius 2 is 1.59 bits per heavy atom. The van der Waals surface area contributed by atoms with Crippen molar-refractivity contribution >= 4 is 16.0 Å². The van der Waals surface area contributed by atoms with Crippen molar-refractivity contribution < 1.29 is 17.9 Å². The summed E-state index contributed by atoms with van der Waals surface area (Å²) in [5.41, 5.74) is 1.00. The van der Waals surface area contributed by atoms with Gasteiger partial charge in [-0.25, -0.2) is 13.1 Å². The fraction of sp³-hybridized carbons (Fsp3) is 0.667. The SMILES string of the molecule is CCCCCCCCC[C@H](CC(=O)OCC)NS(=O)(=O)c1ccc(C)cc1. The number of esters is 1. The molecule has 0 bridgehead atoms. The quantitative estimate of drug-likeness (QED) is 0.364. The van der Waals surface area contributed by atoms with Crippen LogP contribution in [0.5, 0.6) is 0 Å². The molecule has 0 aliphatic carbocycles. The highest BCUT2D eigenvalue weighted by molar-refractivity contribution is 7.89. The summed E-state index contributed by atoms with van der Waals surface area (Å²) in [5.74, 6) is -0.364. The zero-order valence-corrected chi connectivity index (χ0v) is 17.8. The fourth-order valence-corrected chi connectivity index (χ4v) is 4.25. The Kier molecular flexibility index (Phi) is 11.3. The number of hydrogen-bond acceptors (Lipinski definition) is 4. The van der Waals surface area contributed by atoms with Crippen LogP contribution in [0.15, 0.2) is 29.2 Å². The van der Waals surface area contributed by atoms with E-state index in [0.717, 1.165) is 24.8 Å². The van der Waals surface area contributed by atoms with Crippen molar-refractivity contribution in [3.63, 3.8) is 0 Å². The third kappa shape index (κ3) is 9.91. The van der Waals surface area contributed by atoms with Gasteiger partial charge in [-0.15, -0.1) is 0 Å². The van der Waals surface area contributed by atoms with Crippen LogP contribution in [-0.4, -0.2) is 27.0 Å². The van der Waals surface area contributed by atoms with E-state index in [1.54, 1.807) is 31.2 Å². The lowest BCUT2D eigenvalue weighted by Crippen LogP contribution is -2.36. The van der Waals surface area contributed by atoms with Crippen LogP contribution in [-0.2, 0) is 19.6 Å². The van der Waals surface area contributed by atoms with Crippen molar-refractivity contribution in [2.45, 2.75) is 89.5 Å². The monoisotopic (exact) mass is 397 g/mol. The molecular formula is C21H35NO4S. The van der Waals surface area contributed by atoms with Gasteiger partial charge in [0.1, 0.15) is 0 Å². The molecule has 0 aliphatic rings. The number of carbonyl (C=O) groups excluding carboxylic acids is 1. The van der Waals surface area contributed by atoms with Crippen LogP contribution < -0.4 is 4.72 Å². The van der Waals surface area contributed by atoms with E-state index in [2.05, 4.69) is 11.6 Å². The standard InChI is InChI=1S/C21H35NO4S/c1-4-6-7-8-9-10-11-12-19(17-21(23)26-5-2)22-27(24,25)20-15-13-18(3)14-16-20/h13-16,19,22H,4-12,17H2,1-3H3/t19-/m1/s1. The molecule has 0 aliphatic heterocycles. The summed E-state index contributed by atoms with van der Waals surface area (Å²) in [6, 6.07) is 6.28. The van der Waals surface area contributed by atoms with Gasteiger partial charge in [-0.3, -0.25) is 4.79 Å². The molecule has 0 amide bonds. The first-order valence-corrected chi connectivity index (χ1v) is 11.6. The number of sulfonamides is 1. The zero-order valence-electron chi connectivity index (χ0n) is 17.0. The summed E-state index contributed by atoms with van der Waals surface area (Å²) >= 11 is 0. The highest BCUT2D eigenvalue weighted by atomic mass is 32.2. The topological polar surface area (TPSA) is 72.5 Å². The number of hydrogen-bond donors (Lipinski definition) is 1. The number of benzene rings is 1. The molecule has 1 aromatic rings. The number of aryl methyl sites for hydroxylation is 1. The molecule has 6 heteroatoms. The van der Waals surface area contributed by atoms with Crippen molar-refractivity contribution in [1.29, 1.82) is 0 Å². The van der Waals surface area contributed by atoms with Crippen LogP contribution in [0.25, 0.3) is 0 Å². The van der Waals surface area contributed by atoms with Crippen LogP contribution in [0.2, 0.25) is 0 Å². The third-order valence-electron chi connectivity index (χ3n) is 4.53. The molecule has 0 aromatic heterocycles. The summed E-state index contributed by atoms with van der Waals surface area (Å²) in [7, 11) is -3.65. The summed E-state index contributed by atoms with van der Waals surface area (Å²) in [6.07, 6.45) is 8.75. The maximum absolute atomic E-state index is 12.6. The minimum atomic E-state index is -3.65.